The lowest BCUT2D eigenvalue weighted by Gasteiger charge is -2.31. The molecule has 3 N–H and O–H groups in total. The largest absolute Gasteiger partial charge is 0.491 e. The molecule has 132 valence electrons. The Morgan fingerprint density at radius 1 is 1.33 bits per heavy atom. The Bertz CT molecular complexity index is 538. The summed E-state index contributed by atoms with van der Waals surface area (Å²) >= 11 is 0. The number of carbonyl (C=O) groups excluding carboxylic acids is 1. The molecule has 6 nitrogen and oxygen atoms in total. The molecule has 1 aromatic carbocycles. The van der Waals surface area contributed by atoms with E-state index in [0.717, 1.165) is 57.7 Å². The minimum Gasteiger partial charge on any atom is -0.491 e. The number of nitrogens with two attached hydrogens (primary N) is 1. The summed E-state index contributed by atoms with van der Waals surface area (Å²) in [6, 6.07) is 8.26. The van der Waals surface area contributed by atoms with Gasteiger partial charge in [-0.05, 0) is 56.5 Å². The van der Waals surface area contributed by atoms with E-state index < -0.39 is 0 Å². The molecule has 0 bridgehead atoms. The van der Waals surface area contributed by atoms with Gasteiger partial charge in [0.15, 0.2) is 0 Å². The van der Waals surface area contributed by atoms with Crippen LogP contribution in [0.1, 0.15) is 31.2 Å². The molecule has 0 saturated carbocycles. The Morgan fingerprint density at radius 2 is 2.17 bits per heavy atom. The van der Waals surface area contributed by atoms with Crippen LogP contribution in [0.15, 0.2) is 24.3 Å². The van der Waals surface area contributed by atoms with Gasteiger partial charge in [0, 0.05) is 19.1 Å². The minimum absolute atomic E-state index is 0.0424. The maximum atomic E-state index is 11.6. The topological polar surface area (TPSA) is 76.8 Å². The number of likely N-dealkylation sites (tertiary alicyclic amines) is 1. The number of ether oxygens (including phenoxy) is 2. The molecule has 2 saturated heterocycles. The van der Waals surface area contributed by atoms with Crippen molar-refractivity contribution in [2.24, 2.45) is 11.8 Å². The van der Waals surface area contributed by atoms with E-state index in [1.807, 2.05) is 12.1 Å². The van der Waals surface area contributed by atoms with Crippen LogP contribution >= 0.6 is 0 Å². The molecule has 1 amide bonds. The molecule has 2 fully saturated rings. The Morgan fingerprint density at radius 3 is 2.88 bits per heavy atom. The van der Waals surface area contributed by atoms with E-state index in [1.165, 1.54) is 5.56 Å². The van der Waals surface area contributed by atoms with Gasteiger partial charge in [0.25, 0.3) is 0 Å². The van der Waals surface area contributed by atoms with Crippen molar-refractivity contribution >= 4 is 5.91 Å². The van der Waals surface area contributed by atoms with Crippen LogP contribution in [0.2, 0.25) is 0 Å². The molecular formula is C18H27N3O3. The second-order valence-electron chi connectivity index (χ2n) is 6.65. The number of hydrazine groups is 1. The van der Waals surface area contributed by atoms with Gasteiger partial charge in [-0.25, -0.2) is 5.84 Å². The zero-order valence-electron chi connectivity index (χ0n) is 14.1. The highest BCUT2D eigenvalue weighted by Gasteiger charge is 2.24. The van der Waals surface area contributed by atoms with Crippen molar-refractivity contribution in [1.82, 2.24) is 10.3 Å². The zero-order valence-corrected chi connectivity index (χ0v) is 14.1. The SMILES string of the molecule is NNC(=O)C1CCN(Cc2cccc(OCC3CCCO3)c2)CC1. The summed E-state index contributed by atoms with van der Waals surface area (Å²) in [5, 5.41) is 0. The van der Waals surface area contributed by atoms with E-state index in [-0.39, 0.29) is 17.9 Å². The first-order chi connectivity index (χ1) is 11.7. The second kappa shape index (κ2) is 8.46. The predicted molar refractivity (Wildman–Crippen MR) is 91.2 cm³/mol. The van der Waals surface area contributed by atoms with Gasteiger partial charge < -0.3 is 9.47 Å². The molecule has 0 aromatic heterocycles. The summed E-state index contributed by atoms with van der Waals surface area (Å²) < 4.78 is 11.5. The van der Waals surface area contributed by atoms with Crippen molar-refractivity contribution in [3.8, 4) is 5.75 Å². The van der Waals surface area contributed by atoms with Gasteiger partial charge in [0.1, 0.15) is 12.4 Å². The number of piperidine rings is 1. The van der Waals surface area contributed by atoms with Crippen LogP contribution in [0.4, 0.5) is 0 Å². The van der Waals surface area contributed by atoms with Gasteiger partial charge in [0.2, 0.25) is 5.91 Å². The predicted octanol–water partition coefficient (Wildman–Crippen LogP) is 1.45. The fourth-order valence-corrected chi connectivity index (χ4v) is 3.43. The fourth-order valence-electron chi connectivity index (χ4n) is 3.43. The number of hydrogen-bond donors (Lipinski definition) is 2. The minimum atomic E-state index is -0.0424. The molecule has 2 heterocycles. The van der Waals surface area contributed by atoms with Crippen LogP contribution in [0.25, 0.3) is 0 Å². The van der Waals surface area contributed by atoms with Crippen LogP contribution in [0.5, 0.6) is 5.75 Å². The van der Waals surface area contributed by atoms with Crippen LogP contribution < -0.4 is 16.0 Å². The average Bonchev–Trinajstić information content (AvgIpc) is 3.14. The standard InChI is InChI=1S/C18H27N3O3/c19-20-18(22)15-6-8-21(9-7-15)12-14-3-1-4-16(11-14)24-13-17-5-2-10-23-17/h1,3-4,11,15,17H,2,5-10,12-13,19H2,(H,20,22). The number of rotatable bonds is 6. The molecule has 6 heteroatoms. The lowest BCUT2D eigenvalue weighted by Crippen LogP contribution is -2.42. The van der Waals surface area contributed by atoms with E-state index in [4.69, 9.17) is 15.3 Å². The zero-order chi connectivity index (χ0) is 16.8. The highest BCUT2D eigenvalue weighted by molar-refractivity contribution is 5.78. The Kier molecular flexibility index (Phi) is 6.07. The third-order valence-corrected chi connectivity index (χ3v) is 4.87. The van der Waals surface area contributed by atoms with E-state index in [0.29, 0.717) is 6.61 Å². The summed E-state index contributed by atoms with van der Waals surface area (Å²) in [4.78, 5) is 14.0. The maximum absolute atomic E-state index is 11.6. The highest BCUT2D eigenvalue weighted by atomic mass is 16.5. The number of hydrogen-bond acceptors (Lipinski definition) is 5. The van der Waals surface area contributed by atoms with Crippen molar-refractivity contribution in [2.75, 3.05) is 26.3 Å². The van der Waals surface area contributed by atoms with E-state index in [9.17, 15) is 4.79 Å². The third kappa shape index (κ3) is 4.69. The molecule has 1 aromatic rings. The van der Waals surface area contributed by atoms with Crippen molar-refractivity contribution < 1.29 is 14.3 Å². The third-order valence-electron chi connectivity index (χ3n) is 4.87. The lowest BCUT2D eigenvalue weighted by atomic mass is 9.96. The van der Waals surface area contributed by atoms with Gasteiger partial charge in [-0.3, -0.25) is 15.1 Å². The maximum Gasteiger partial charge on any atom is 0.237 e. The van der Waals surface area contributed by atoms with Crippen molar-refractivity contribution in [1.29, 1.82) is 0 Å². The summed E-state index contributed by atoms with van der Waals surface area (Å²) in [6.07, 6.45) is 4.18. The van der Waals surface area contributed by atoms with Gasteiger partial charge in [-0.15, -0.1) is 0 Å². The van der Waals surface area contributed by atoms with E-state index >= 15 is 0 Å². The molecule has 2 aliphatic heterocycles. The molecule has 2 aliphatic rings. The van der Waals surface area contributed by atoms with Crippen molar-refractivity contribution in [3.63, 3.8) is 0 Å². The monoisotopic (exact) mass is 333 g/mol. The normalized spacial score (nSPS) is 22.5. The van der Waals surface area contributed by atoms with Crippen LogP contribution in [0, 0.1) is 5.92 Å². The smallest absolute Gasteiger partial charge is 0.237 e. The highest BCUT2D eigenvalue weighted by Crippen LogP contribution is 2.21. The molecule has 24 heavy (non-hydrogen) atoms. The van der Waals surface area contributed by atoms with Gasteiger partial charge in [-0.1, -0.05) is 12.1 Å². The molecule has 0 radical (unpaired) electrons. The van der Waals surface area contributed by atoms with Gasteiger partial charge in [0.05, 0.1) is 6.10 Å². The summed E-state index contributed by atoms with van der Waals surface area (Å²) in [5.41, 5.74) is 3.50. The summed E-state index contributed by atoms with van der Waals surface area (Å²) in [5.74, 6) is 6.12. The molecule has 0 spiro atoms. The quantitative estimate of drug-likeness (QED) is 0.468. The van der Waals surface area contributed by atoms with Crippen molar-refractivity contribution in [3.05, 3.63) is 29.8 Å². The number of nitrogens with one attached hydrogen (secondary N) is 1. The number of nitrogens with zero attached hydrogens (tertiary/aromatic N) is 1. The first-order valence-electron chi connectivity index (χ1n) is 8.81. The average molecular weight is 333 g/mol. The Hall–Kier alpha value is -1.63. The molecule has 1 atom stereocenters. The van der Waals surface area contributed by atoms with Crippen molar-refractivity contribution in [2.45, 2.75) is 38.3 Å². The van der Waals surface area contributed by atoms with E-state index in [2.05, 4.69) is 22.5 Å². The number of carbonyl (C=O) groups is 1. The summed E-state index contributed by atoms with van der Waals surface area (Å²) in [7, 11) is 0. The molecule has 1 unspecified atom stereocenters. The van der Waals surface area contributed by atoms with Gasteiger partial charge in [-0.2, -0.15) is 0 Å². The molecule has 0 aliphatic carbocycles. The van der Waals surface area contributed by atoms with Crippen LogP contribution in [-0.4, -0.2) is 43.2 Å². The van der Waals surface area contributed by atoms with Crippen LogP contribution in [0.3, 0.4) is 0 Å². The molecular weight excluding hydrogens is 306 g/mol. The van der Waals surface area contributed by atoms with Crippen LogP contribution in [-0.2, 0) is 16.1 Å². The summed E-state index contributed by atoms with van der Waals surface area (Å²) in [6.45, 7) is 4.20. The Balaban J connectivity index is 1.47. The lowest BCUT2D eigenvalue weighted by molar-refractivity contribution is -0.126. The first kappa shape index (κ1) is 17.2. The number of amides is 1. The number of benzene rings is 1. The molecule has 3 rings (SSSR count). The van der Waals surface area contributed by atoms with E-state index in [1.54, 1.807) is 0 Å². The Labute approximate surface area is 143 Å². The first-order valence-corrected chi connectivity index (χ1v) is 8.81. The van der Waals surface area contributed by atoms with Gasteiger partial charge >= 0.3 is 0 Å². The fraction of sp³-hybridized carbons (Fsp3) is 0.611. The second-order valence-corrected chi connectivity index (χ2v) is 6.65.